The van der Waals surface area contributed by atoms with Crippen LogP contribution in [0.3, 0.4) is 0 Å². The molecule has 1 aromatic rings. The molecule has 0 bridgehead atoms. The second kappa shape index (κ2) is 4.92. The van der Waals surface area contributed by atoms with Crippen molar-refractivity contribution in [2.75, 3.05) is 12.4 Å². The summed E-state index contributed by atoms with van der Waals surface area (Å²) in [6, 6.07) is 5.96. The first kappa shape index (κ1) is 11.7. The molecule has 1 amide bonds. The zero-order valence-electron chi connectivity index (χ0n) is 8.39. The van der Waals surface area contributed by atoms with E-state index in [0.717, 1.165) is 0 Å². The fraction of sp³-hybridized carbons (Fsp3) is 0.100. The highest BCUT2D eigenvalue weighted by Crippen LogP contribution is 2.15. The number of carbonyl (C=O) groups is 3. The summed E-state index contributed by atoms with van der Waals surface area (Å²) in [6.07, 6.45) is 0. The molecule has 0 atom stereocenters. The van der Waals surface area contributed by atoms with Gasteiger partial charge in [-0.25, -0.2) is 9.59 Å². The molecular formula is C10H9NO5. The molecule has 1 rings (SSSR count). The highest BCUT2D eigenvalue weighted by molar-refractivity contribution is 6.36. The number of ether oxygens (including phenoxy) is 1. The van der Waals surface area contributed by atoms with Crippen molar-refractivity contribution in [3.63, 3.8) is 0 Å². The summed E-state index contributed by atoms with van der Waals surface area (Å²) >= 11 is 0. The molecule has 0 saturated heterocycles. The first-order chi connectivity index (χ1) is 7.56. The number of benzene rings is 1. The first-order valence-corrected chi connectivity index (χ1v) is 4.28. The van der Waals surface area contributed by atoms with Crippen molar-refractivity contribution in [1.82, 2.24) is 0 Å². The third kappa shape index (κ3) is 2.57. The number of carboxylic acids is 1. The van der Waals surface area contributed by atoms with Crippen molar-refractivity contribution >= 4 is 23.5 Å². The number of amides is 1. The summed E-state index contributed by atoms with van der Waals surface area (Å²) in [5, 5.41) is 10.5. The van der Waals surface area contributed by atoms with E-state index in [0.29, 0.717) is 0 Å². The van der Waals surface area contributed by atoms with Crippen LogP contribution in [0.4, 0.5) is 5.69 Å². The van der Waals surface area contributed by atoms with Gasteiger partial charge in [-0.1, -0.05) is 12.1 Å². The van der Waals surface area contributed by atoms with Gasteiger partial charge in [0, 0.05) is 0 Å². The molecule has 0 aliphatic heterocycles. The Hall–Kier alpha value is -2.37. The SMILES string of the molecule is COC(=O)c1ccccc1NC(=O)C(=O)O. The van der Waals surface area contributed by atoms with Crippen molar-refractivity contribution in [2.24, 2.45) is 0 Å². The molecule has 1 aromatic carbocycles. The van der Waals surface area contributed by atoms with Gasteiger partial charge in [0.1, 0.15) is 0 Å². The third-order valence-corrected chi connectivity index (χ3v) is 1.77. The van der Waals surface area contributed by atoms with E-state index in [4.69, 9.17) is 5.11 Å². The van der Waals surface area contributed by atoms with Crippen molar-refractivity contribution < 1.29 is 24.2 Å². The molecule has 0 saturated carbocycles. The Kier molecular flexibility index (Phi) is 3.60. The summed E-state index contributed by atoms with van der Waals surface area (Å²) in [5.74, 6) is -3.49. The zero-order valence-corrected chi connectivity index (χ0v) is 8.39. The van der Waals surface area contributed by atoms with Gasteiger partial charge >= 0.3 is 17.8 Å². The lowest BCUT2D eigenvalue weighted by molar-refractivity contribution is -0.147. The van der Waals surface area contributed by atoms with E-state index in [1.165, 1.54) is 19.2 Å². The Labute approximate surface area is 90.8 Å². The van der Waals surface area contributed by atoms with Crippen LogP contribution in [0.1, 0.15) is 10.4 Å². The van der Waals surface area contributed by atoms with E-state index >= 15 is 0 Å². The molecule has 0 unspecified atom stereocenters. The lowest BCUT2D eigenvalue weighted by Crippen LogP contribution is -2.23. The number of carboxylic acid groups (broad SMARTS) is 1. The third-order valence-electron chi connectivity index (χ3n) is 1.77. The second-order valence-electron chi connectivity index (χ2n) is 2.80. The molecule has 0 aromatic heterocycles. The Bertz CT molecular complexity index is 441. The van der Waals surface area contributed by atoms with Crippen molar-refractivity contribution in [3.8, 4) is 0 Å². The molecular weight excluding hydrogens is 214 g/mol. The molecule has 16 heavy (non-hydrogen) atoms. The maximum atomic E-state index is 11.3. The van der Waals surface area contributed by atoms with Crippen LogP contribution in [0.5, 0.6) is 0 Å². The van der Waals surface area contributed by atoms with Crippen molar-refractivity contribution in [1.29, 1.82) is 0 Å². The van der Waals surface area contributed by atoms with Crippen LogP contribution >= 0.6 is 0 Å². The number of esters is 1. The fourth-order valence-corrected chi connectivity index (χ4v) is 1.06. The van der Waals surface area contributed by atoms with E-state index in [1.54, 1.807) is 12.1 Å². The van der Waals surface area contributed by atoms with Gasteiger partial charge in [0.05, 0.1) is 18.4 Å². The number of aliphatic carboxylic acids is 1. The summed E-state index contributed by atoms with van der Waals surface area (Å²) in [5.41, 5.74) is 0.196. The largest absolute Gasteiger partial charge is 0.474 e. The van der Waals surface area contributed by atoms with Crippen LogP contribution in [0.2, 0.25) is 0 Å². The maximum absolute atomic E-state index is 11.3. The van der Waals surface area contributed by atoms with E-state index in [-0.39, 0.29) is 11.3 Å². The van der Waals surface area contributed by atoms with Gasteiger partial charge in [-0.05, 0) is 12.1 Å². The van der Waals surface area contributed by atoms with Crippen LogP contribution < -0.4 is 5.32 Å². The molecule has 6 heteroatoms. The number of anilines is 1. The number of para-hydroxylation sites is 1. The average Bonchev–Trinajstić information content (AvgIpc) is 2.28. The second-order valence-corrected chi connectivity index (χ2v) is 2.80. The minimum atomic E-state index is -1.63. The molecule has 0 radical (unpaired) electrons. The van der Waals surface area contributed by atoms with E-state index in [1.807, 2.05) is 0 Å². The molecule has 0 heterocycles. The molecule has 84 valence electrons. The Morgan fingerprint density at radius 1 is 1.25 bits per heavy atom. The Morgan fingerprint density at radius 2 is 1.88 bits per heavy atom. The summed E-state index contributed by atoms with van der Waals surface area (Å²) in [7, 11) is 1.19. The van der Waals surface area contributed by atoms with E-state index in [9.17, 15) is 14.4 Å². The van der Waals surface area contributed by atoms with Crippen LogP contribution in [0, 0.1) is 0 Å². The molecule has 0 fully saturated rings. The maximum Gasteiger partial charge on any atom is 0.394 e. The number of methoxy groups -OCH3 is 1. The summed E-state index contributed by atoms with van der Waals surface area (Å²) in [4.78, 5) is 32.5. The first-order valence-electron chi connectivity index (χ1n) is 4.28. The van der Waals surface area contributed by atoms with Crippen LogP contribution in [-0.4, -0.2) is 30.1 Å². The van der Waals surface area contributed by atoms with Crippen LogP contribution in [0.25, 0.3) is 0 Å². The standard InChI is InChI=1S/C10H9NO5/c1-16-10(15)6-4-2-3-5-7(6)11-8(12)9(13)14/h2-5H,1H3,(H,11,12)(H,13,14). The van der Waals surface area contributed by atoms with Gasteiger partial charge in [0.15, 0.2) is 0 Å². The minimum Gasteiger partial charge on any atom is -0.474 e. The summed E-state index contributed by atoms with van der Waals surface area (Å²) < 4.78 is 4.48. The zero-order chi connectivity index (χ0) is 12.1. The number of hydrogen-bond acceptors (Lipinski definition) is 4. The summed E-state index contributed by atoms with van der Waals surface area (Å²) in [6.45, 7) is 0. The van der Waals surface area contributed by atoms with Gasteiger partial charge in [-0.2, -0.15) is 0 Å². The van der Waals surface area contributed by atoms with Crippen LogP contribution in [0.15, 0.2) is 24.3 Å². The predicted octanol–water partition coefficient (Wildman–Crippen LogP) is 0.496. The van der Waals surface area contributed by atoms with Gasteiger partial charge in [-0.15, -0.1) is 0 Å². The lowest BCUT2D eigenvalue weighted by Gasteiger charge is -2.07. The van der Waals surface area contributed by atoms with Gasteiger partial charge in [-0.3, -0.25) is 4.79 Å². The van der Waals surface area contributed by atoms with Gasteiger partial charge < -0.3 is 15.2 Å². The lowest BCUT2D eigenvalue weighted by atomic mass is 10.2. The number of carbonyl (C=O) groups excluding carboxylic acids is 2. The number of nitrogens with one attached hydrogen (secondary N) is 1. The normalized spacial score (nSPS) is 9.31. The van der Waals surface area contributed by atoms with Gasteiger partial charge in [0.2, 0.25) is 0 Å². The Balaban J connectivity index is 3.00. The monoisotopic (exact) mass is 223 g/mol. The van der Waals surface area contributed by atoms with Crippen molar-refractivity contribution in [3.05, 3.63) is 29.8 Å². The minimum absolute atomic E-state index is 0.0969. The average molecular weight is 223 g/mol. The highest BCUT2D eigenvalue weighted by Gasteiger charge is 2.16. The predicted molar refractivity (Wildman–Crippen MR) is 54.0 cm³/mol. The highest BCUT2D eigenvalue weighted by atomic mass is 16.5. The number of rotatable bonds is 2. The molecule has 0 spiro atoms. The van der Waals surface area contributed by atoms with Crippen LogP contribution in [-0.2, 0) is 14.3 Å². The molecule has 0 aliphatic rings. The quantitative estimate of drug-likeness (QED) is 0.562. The topological polar surface area (TPSA) is 92.7 Å². The Morgan fingerprint density at radius 3 is 2.44 bits per heavy atom. The van der Waals surface area contributed by atoms with E-state index < -0.39 is 17.8 Å². The fourth-order valence-electron chi connectivity index (χ4n) is 1.06. The molecule has 0 aliphatic carbocycles. The van der Waals surface area contributed by atoms with Gasteiger partial charge in [0.25, 0.3) is 0 Å². The molecule has 6 nitrogen and oxygen atoms in total. The van der Waals surface area contributed by atoms with E-state index in [2.05, 4.69) is 10.1 Å². The smallest absolute Gasteiger partial charge is 0.394 e. The van der Waals surface area contributed by atoms with Crippen molar-refractivity contribution in [2.45, 2.75) is 0 Å². The molecule has 2 N–H and O–H groups in total. The number of hydrogen-bond donors (Lipinski definition) is 2.